The molecule has 0 aliphatic heterocycles. The minimum Gasteiger partial charge on any atom is -0.389 e. The van der Waals surface area contributed by atoms with Crippen molar-refractivity contribution in [1.82, 2.24) is 9.78 Å². The molecule has 0 atom stereocenters. The number of aromatic nitrogens is 2. The van der Waals surface area contributed by atoms with Crippen LogP contribution in [0.15, 0.2) is 59.8 Å². The highest BCUT2D eigenvalue weighted by molar-refractivity contribution is 5.97. The molecule has 2 N–H and O–H groups in total. The van der Waals surface area contributed by atoms with Gasteiger partial charge >= 0.3 is 0 Å². The summed E-state index contributed by atoms with van der Waals surface area (Å²) in [5.41, 5.74) is 10.8. The second-order valence-electron chi connectivity index (χ2n) is 6.16. The third kappa shape index (κ3) is 4.47. The van der Waals surface area contributed by atoms with E-state index < -0.39 is 0 Å². The first-order valence-corrected chi connectivity index (χ1v) is 8.31. The van der Waals surface area contributed by atoms with Gasteiger partial charge in [0.25, 0.3) is 0 Å². The van der Waals surface area contributed by atoms with Gasteiger partial charge in [-0.1, -0.05) is 35.5 Å². The van der Waals surface area contributed by atoms with Gasteiger partial charge in [0.05, 0.1) is 12.2 Å². The van der Waals surface area contributed by atoms with Crippen LogP contribution in [0.5, 0.6) is 0 Å². The van der Waals surface area contributed by atoms with Crippen LogP contribution in [0.1, 0.15) is 28.1 Å². The van der Waals surface area contributed by atoms with Crippen LogP contribution in [-0.4, -0.2) is 15.6 Å². The molecule has 0 radical (unpaired) electrons. The number of hydrogen-bond acceptors (Lipinski definition) is 3. The Morgan fingerprint density at radius 2 is 1.88 bits per heavy atom. The lowest BCUT2D eigenvalue weighted by Gasteiger charge is -2.07. The second kappa shape index (κ2) is 7.82. The third-order valence-electron chi connectivity index (χ3n) is 3.97. The summed E-state index contributed by atoms with van der Waals surface area (Å²) in [6, 6.07) is 15.9. The SMILES string of the molecule is Cc1cc(C)n(Cc2cccc(/C(N)=N/OCc3ccc(F)cc3)c2)n1. The maximum Gasteiger partial charge on any atom is 0.170 e. The molecule has 0 aliphatic carbocycles. The molecule has 0 spiro atoms. The number of rotatable bonds is 6. The van der Waals surface area contributed by atoms with Gasteiger partial charge < -0.3 is 10.6 Å². The van der Waals surface area contributed by atoms with Crippen LogP contribution < -0.4 is 5.73 Å². The van der Waals surface area contributed by atoms with Gasteiger partial charge in [-0.3, -0.25) is 4.68 Å². The van der Waals surface area contributed by atoms with Crippen molar-refractivity contribution in [2.75, 3.05) is 0 Å². The highest BCUT2D eigenvalue weighted by Gasteiger charge is 2.05. The van der Waals surface area contributed by atoms with Gasteiger partial charge in [-0.05, 0) is 49.2 Å². The molecule has 134 valence electrons. The Balaban J connectivity index is 1.66. The van der Waals surface area contributed by atoms with E-state index in [1.165, 1.54) is 12.1 Å². The highest BCUT2D eigenvalue weighted by Crippen LogP contribution is 2.10. The minimum atomic E-state index is -0.281. The molecule has 0 bridgehead atoms. The van der Waals surface area contributed by atoms with E-state index in [2.05, 4.69) is 10.3 Å². The van der Waals surface area contributed by atoms with Crippen molar-refractivity contribution in [1.29, 1.82) is 0 Å². The molecule has 0 amide bonds. The van der Waals surface area contributed by atoms with Gasteiger partial charge in [-0.2, -0.15) is 5.10 Å². The number of nitrogens with two attached hydrogens (primary N) is 1. The van der Waals surface area contributed by atoms with E-state index in [0.717, 1.165) is 28.1 Å². The topological polar surface area (TPSA) is 65.4 Å². The van der Waals surface area contributed by atoms with Crippen molar-refractivity contribution in [3.63, 3.8) is 0 Å². The highest BCUT2D eigenvalue weighted by atomic mass is 19.1. The predicted octanol–water partition coefficient (Wildman–Crippen LogP) is 3.52. The molecular weight excluding hydrogens is 331 g/mol. The van der Waals surface area contributed by atoms with Crippen LogP contribution in [-0.2, 0) is 18.0 Å². The molecule has 2 aromatic carbocycles. The predicted molar refractivity (Wildman–Crippen MR) is 99.2 cm³/mol. The molecular formula is C20H21FN4O. The van der Waals surface area contributed by atoms with Gasteiger partial charge in [0.2, 0.25) is 0 Å². The quantitative estimate of drug-likeness (QED) is 0.419. The van der Waals surface area contributed by atoms with Crippen molar-refractivity contribution in [2.24, 2.45) is 10.9 Å². The Hall–Kier alpha value is -3.15. The first-order chi connectivity index (χ1) is 12.5. The fourth-order valence-electron chi connectivity index (χ4n) is 2.65. The van der Waals surface area contributed by atoms with Crippen LogP contribution in [0, 0.1) is 19.7 Å². The van der Waals surface area contributed by atoms with E-state index >= 15 is 0 Å². The molecule has 3 aromatic rings. The monoisotopic (exact) mass is 352 g/mol. The van der Waals surface area contributed by atoms with Gasteiger partial charge in [0.1, 0.15) is 12.4 Å². The van der Waals surface area contributed by atoms with E-state index in [0.29, 0.717) is 12.4 Å². The first-order valence-electron chi connectivity index (χ1n) is 8.31. The minimum absolute atomic E-state index is 0.229. The fourth-order valence-corrected chi connectivity index (χ4v) is 2.65. The third-order valence-corrected chi connectivity index (χ3v) is 3.97. The summed E-state index contributed by atoms with van der Waals surface area (Å²) in [5, 5.41) is 8.43. The van der Waals surface area contributed by atoms with E-state index in [4.69, 9.17) is 10.6 Å². The molecule has 0 unspecified atom stereocenters. The largest absolute Gasteiger partial charge is 0.389 e. The Bertz CT molecular complexity index is 916. The Labute approximate surface area is 151 Å². The summed E-state index contributed by atoms with van der Waals surface area (Å²) < 4.78 is 14.8. The normalized spacial score (nSPS) is 11.6. The number of oxime groups is 1. The zero-order valence-electron chi connectivity index (χ0n) is 14.8. The smallest absolute Gasteiger partial charge is 0.170 e. The number of benzene rings is 2. The Morgan fingerprint density at radius 1 is 1.12 bits per heavy atom. The maximum atomic E-state index is 12.9. The number of nitrogens with zero attached hydrogens (tertiary/aromatic N) is 3. The molecule has 0 saturated heterocycles. The van der Waals surface area contributed by atoms with Crippen LogP contribution in [0.3, 0.4) is 0 Å². The van der Waals surface area contributed by atoms with Crippen molar-refractivity contribution in [3.8, 4) is 0 Å². The van der Waals surface area contributed by atoms with Crippen molar-refractivity contribution >= 4 is 5.84 Å². The Kier molecular flexibility index (Phi) is 5.31. The lowest BCUT2D eigenvalue weighted by atomic mass is 10.1. The lowest BCUT2D eigenvalue weighted by molar-refractivity contribution is 0.130. The van der Waals surface area contributed by atoms with E-state index in [9.17, 15) is 4.39 Å². The summed E-state index contributed by atoms with van der Waals surface area (Å²) in [7, 11) is 0. The van der Waals surface area contributed by atoms with Crippen LogP contribution in [0.2, 0.25) is 0 Å². The summed E-state index contributed by atoms with van der Waals surface area (Å²) >= 11 is 0. The van der Waals surface area contributed by atoms with Crippen LogP contribution >= 0.6 is 0 Å². The molecule has 1 aromatic heterocycles. The van der Waals surface area contributed by atoms with Gasteiger partial charge in [-0.15, -0.1) is 0 Å². The first kappa shape index (κ1) is 17.7. The molecule has 0 aliphatic rings. The van der Waals surface area contributed by atoms with Crippen molar-refractivity contribution < 1.29 is 9.23 Å². The van der Waals surface area contributed by atoms with Crippen LogP contribution in [0.25, 0.3) is 0 Å². The zero-order chi connectivity index (χ0) is 18.5. The van der Waals surface area contributed by atoms with E-state index in [1.54, 1.807) is 12.1 Å². The molecule has 0 fully saturated rings. The van der Waals surface area contributed by atoms with E-state index in [-0.39, 0.29) is 12.4 Å². The fraction of sp³-hybridized carbons (Fsp3) is 0.200. The summed E-state index contributed by atoms with van der Waals surface area (Å²) in [5.74, 6) is 0.0125. The molecule has 26 heavy (non-hydrogen) atoms. The molecule has 6 heteroatoms. The van der Waals surface area contributed by atoms with Crippen LogP contribution in [0.4, 0.5) is 4.39 Å². The lowest BCUT2D eigenvalue weighted by Crippen LogP contribution is -2.14. The second-order valence-corrected chi connectivity index (χ2v) is 6.16. The summed E-state index contributed by atoms with van der Waals surface area (Å²) in [4.78, 5) is 5.28. The Morgan fingerprint density at radius 3 is 2.58 bits per heavy atom. The average Bonchev–Trinajstić information content (AvgIpc) is 2.94. The average molecular weight is 352 g/mol. The molecule has 1 heterocycles. The van der Waals surface area contributed by atoms with Gasteiger partial charge in [0, 0.05) is 11.3 Å². The molecule has 0 saturated carbocycles. The van der Waals surface area contributed by atoms with Crippen molar-refractivity contribution in [3.05, 3.63) is 88.5 Å². The maximum absolute atomic E-state index is 12.9. The van der Waals surface area contributed by atoms with Crippen molar-refractivity contribution in [2.45, 2.75) is 27.0 Å². The zero-order valence-corrected chi connectivity index (χ0v) is 14.8. The number of aryl methyl sites for hydroxylation is 2. The molecule has 5 nitrogen and oxygen atoms in total. The van der Waals surface area contributed by atoms with Gasteiger partial charge in [-0.25, -0.2) is 4.39 Å². The number of hydrogen-bond donors (Lipinski definition) is 1. The standard InChI is InChI=1S/C20H21FN4O/c1-14-10-15(2)25(23-14)12-17-4-3-5-18(11-17)20(22)24-26-13-16-6-8-19(21)9-7-16/h3-11H,12-13H2,1-2H3,(H2,22,24). The number of amidine groups is 1. The summed E-state index contributed by atoms with van der Waals surface area (Å²) in [6.45, 7) is 4.90. The summed E-state index contributed by atoms with van der Waals surface area (Å²) in [6.07, 6.45) is 0. The number of halogens is 1. The molecule has 3 rings (SSSR count). The van der Waals surface area contributed by atoms with E-state index in [1.807, 2.05) is 48.9 Å². The van der Waals surface area contributed by atoms with Gasteiger partial charge in [0.15, 0.2) is 5.84 Å².